The van der Waals surface area contributed by atoms with Crippen LogP contribution in [0.5, 0.6) is 0 Å². The van der Waals surface area contributed by atoms with Gasteiger partial charge in [0.2, 0.25) is 0 Å². The van der Waals surface area contributed by atoms with E-state index in [1.54, 1.807) is 0 Å². The van der Waals surface area contributed by atoms with E-state index in [0.29, 0.717) is 6.04 Å². The first-order chi connectivity index (χ1) is 8.70. The summed E-state index contributed by atoms with van der Waals surface area (Å²) >= 11 is 0. The monoisotopic (exact) mass is 248 g/mol. The molecule has 2 N–H and O–H groups in total. The van der Waals surface area contributed by atoms with Gasteiger partial charge in [0.05, 0.1) is 24.6 Å². The molecule has 3 rings (SSSR count). The summed E-state index contributed by atoms with van der Waals surface area (Å²) < 4.78 is 11.5. The molecule has 3 aliphatic rings. The predicted octanol–water partition coefficient (Wildman–Crippen LogP) is 1.86. The van der Waals surface area contributed by atoms with Gasteiger partial charge in [-0.3, -0.25) is 0 Å². The van der Waals surface area contributed by atoms with Gasteiger partial charge >= 0.3 is 0 Å². The van der Waals surface area contributed by atoms with Gasteiger partial charge in [0.25, 0.3) is 0 Å². The maximum atomic E-state index is 5.91. The number of nitrogens with zero attached hydrogens (tertiary/aromatic N) is 1. The molecule has 4 heteroatoms. The largest absolute Gasteiger partial charge is 0.397 e. The van der Waals surface area contributed by atoms with Crippen LogP contribution in [0, 0.1) is 0 Å². The summed E-state index contributed by atoms with van der Waals surface area (Å²) in [6.07, 6.45) is 9.96. The first-order valence-electron chi connectivity index (χ1n) is 6.60. The average molecular weight is 248 g/mol. The van der Waals surface area contributed by atoms with Crippen molar-refractivity contribution in [3.63, 3.8) is 0 Å². The van der Waals surface area contributed by atoms with Crippen LogP contribution in [0.25, 0.3) is 0 Å². The van der Waals surface area contributed by atoms with E-state index in [1.165, 1.54) is 0 Å². The fraction of sp³-hybridized carbons (Fsp3) is 0.571. The molecule has 0 aromatic heterocycles. The van der Waals surface area contributed by atoms with Gasteiger partial charge in [0, 0.05) is 25.1 Å². The van der Waals surface area contributed by atoms with E-state index >= 15 is 0 Å². The van der Waals surface area contributed by atoms with E-state index in [2.05, 4.69) is 17.7 Å². The number of ether oxygens (including phenoxy) is 2. The number of hydrogen-bond donors (Lipinski definition) is 1. The quantitative estimate of drug-likeness (QED) is 0.769. The summed E-state index contributed by atoms with van der Waals surface area (Å²) in [5, 5.41) is 0. The van der Waals surface area contributed by atoms with Crippen molar-refractivity contribution in [3.05, 3.63) is 36.3 Å². The lowest BCUT2D eigenvalue weighted by Crippen LogP contribution is -2.42. The molecule has 0 bridgehead atoms. The van der Waals surface area contributed by atoms with Crippen molar-refractivity contribution in [2.75, 3.05) is 13.2 Å². The molecule has 0 atom stereocenters. The first-order valence-corrected chi connectivity index (χ1v) is 6.60. The minimum Gasteiger partial charge on any atom is -0.397 e. The number of nitrogens with two attached hydrogens (primary N) is 1. The topological polar surface area (TPSA) is 47.7 Å². The fourth-order valence-corrected chi connectivity index (χ4v) is 3.02. The van der Waals surface area contributed by atoms with E-state index in [0.717, 1.165) is 50.3 Å². The number of rotatable bonds is 1. The minimum atomic E-state index is -0.293. The summed E-state index contributed by atoms with van der Waals surface area (Å²) in [5.74, 6) is -0.293. The molecule has 98 valence electrons. The summed E-state index contributed by atoms with van der Waals surface area (Å²) in [6, 6.07) is 0.458. The highest BCUT2D eigenvalue weighted by Crippen LogP contribution is 2.38. The first kappa shape index (κ1) is 11.8. The molecule has 2 aliphatic heterocycles. The highest BCUT2D eigenvalue weighted by Gasteiger charge is 2.41. The molecule has 1 aliphatic carbocycles. The van der Waals surface area contributed by atoms with Crippen LogP contribution in [0.1, 0.15) is 25.7 Å². The second-order valence-electron chi connectivity index (χ2n) is 5.16. The zero-order chi connectivity index (χ0) is 12.6. The molecule has 18 heavy (non-hydrogen) atoms. The van der Waals surface area contributed by atoms with Gasteiger partial charge in [-0.2, -0.15) is 0 Å². The lowest BCUT2D eigenvalue weighted by molar-refractivity contribution is -0.182. The fourth-order valence-electron chi connectivity index (χ4n) is 3.02. The van der Waals surface area contributed by atoms with Crippen LogP contribution < -0.4 is 5.73 Å². The molecular formula is C14H20N2O2. The molecule has 0 unspecified atom stereocenters. The lowest BCUT2D eigenvalue weighted by Gasteiger charge is -2.41. The SMILES string of the molecule is C=C1C(N)=CC=CN1C1CCC2(CC1)OCCO2. The van der Waals surface area contributed by atoms with Crippen LogP contribution in [-0.2, 0) is 9.47 Å². The molecule has 0 aromatic rings. The van der Waals surface area contributed by atoms with Crippen LogP contribution in [0.15, 0.2) is 36.3 Å². The Morgan fingerprint density at radius 1 is 1.28 bits per heavy atom. The van der Waals surface area contributed by atoms with E-state index in [9.17, 15) is 0 Å². The van der Waals surface area contributed by atoms with Gasteiger partial charge in [-0.15, -0.1) is 0 Å². The maximum Gasteiger partial charge on any atom is 0.168 e. The number of hydrogen-bond acceptors (Lipinski definition) is 4. The second kappa shape index (κ2) is 4.44. The van der Waals surface area contributed by atoms with Gasteiger partial charge in [-0.1, -0.05) is 6.58 Å². The van der Waals surface area contributed by atoms with Crippen LogP contribution in [0.3, 0.4) is 0 Å². The highest BCUT2D eigenvalue weighted by atomic mass is 16.7. The Balaban J connectivity index is 1.65. The van der Waals surface area contributed by atoms with Gasteiger partial charge in [-0.25, -0.2) is 0 Å². The summed E-state index contributed by atoms with van der Waals surface area (Å²) in [7, 11) is 0. The predicted molar refractivity (Wildman–Crippen MR) is 69.3 cm³/mol. The molecule has 0 amide bonds. The van der Waals surface area contributed by atoms with E-state index < -0.39 is 0 Å². The van der Waals surface area contributed by atoms with Crippen LogP contribution in [0.2, 0.25) is 0 Å². The Labute approximate surface area is 108 Å². The van der Waals surface area contributed by atoms with Crippen molar-refractivity contribution in [2.45, 2.75) is 37.5 Å². The third-order valence-electron chi connectivity index (χ3n) is 4.09. The van der Waals surface area contributed by atoms with Crippen LogP contribution in [-0.4, -0.2) is 29.9 Å². The normalized spacial score (nSPS) is 27.9. The van der Waals surface area contributed by atoms with Crippen molar-refractivity contribution in [3.8, 4) is 0 Å². The standard InChI is InChI=1S/C14H20N2O2/c1-11-13(15)3-2-8-16(11)12-4-6-14(7-5-12)17-9-10-18-14/h2-3,8,12H,1,4-7,9-10,15H2. The van der Waals surface area contributed by atoms with Crippen molar-refractivity contribution in [1.29, 1.82) is 0 Å². The van der Waals surface area contributed by atoms with Gasteiger partial charge in [-0.05, 0) is 25.0 Å². The maximum absolute atomic E-state index is 5.91. The molecule has 0 aromatic carbocycles. The van der Waals surface area contributed by atoms with Gasteiger partial charge in [0.1, 0.15) is 0 Å². The Hall–Kier alpha value is -1.26. The molecule has 1 saturated carbocycles. The van der Waals surface area contributed by atoms with E-state index in [4.69, 9.17) is 15.2 Å². The highest BCUT2D eigenvalue weighted by molar-refractivity contribution is 5.34. The summed E-state index contributed by atoms with van der Waals surface area (Å²) in [4.78, 5) is 2.19. The van der Waals surface area contributed by atoms with E-state index in [1.807, 2.05) is 12.2 Å². The minimum absolute atomic E-state index is 0.293. The smallest absolute Gasteiger partial charge is 0.168 e. The molecule has 1 spiro atoms. The molecular weight excluding hydrogens is 228 g/mol. The average Bonchev–Trinajstić information content (AvgIpc) is 2.83. The Morgan fingerprint density at radius 3 is 2.61 bits per heavy atom. The third kappa shape index (κ3) is 1.95. The van der Waals surface area contributed by atoms with Crippen LogP contribution in [0.4, 0.5) is 0 Å². The molecule has 0 radical (unpaired) electrons. The van der Waals surface area contributed by atoms with Crippen molar-refractivity contribution in [2.24, 2.45) is 5.73 Å². The van der Waals surface area contributed by atoms with Crippen LogP contribution >= 0.6 is 0 Å². The third-order valence-corrected chi connectivity index (χ3v) is 4.09. The summed E-state index contributed by atoms with van der Waals surface area (Å²) in [6.45, 7) is 5.53. The zero-order valence-electron chi connectivity index (χ0n) is 10.6. The van der Waals surface area contributed by atoms with E-state index in [-0.39, 0.29) is 5.79 Å². The molecule has 2 heterocycles. The Kier molecular flexibility index (Phi) is 2.92. The number of allylic oxidation sites excluding steroid dienone is 2. The Morgan fingerprint density at radius 2 is 1.94 bits per heavy atom. The molecule has 2 fully saturated rings. The Bertz CT molecular complexity index is 398. The second-order valence-corrected chi connectivity index (χ2v) is 5.16. The van der Waals surface area contributed by atoms with Crippen molar-refractivity contribution < 1.29 is 9.47 Å². The van der Waals surface area contributed by atoms with Crippen molar-refractivity contribution >= 4 is 0 Å². The lowest BCUT2D eigenvalue weighted by atomic mass is 9.88. The van der Waals surface area contributed by atoms with Gasteiger partial charge in [0.15, 0.2) is 5.79 Å². The zero-order valence-corrected chi connectivity index (χ0v) is 10.6. The molecule has 1 saturated heterocycles. The van der Waals surface area contributed by atoms with Crippen molar-refractivity contribution in [1.82, 2.24) is 4.90 Å². The summed E-state index contributed by atoms with van der Waals surface area (Å²) in [5.41, 5.74) is 7.57. The molecule has 4 nitrogen and oxygen atoms in total. The van der Waals surface area contributed by atoms with Gasteiger partial charge < -0.3 is 20.1 Å².